The summed E-state index contributed by atoms with van der Waals surface area (Å²) in [6, 6.07) is 0. The van der Waals surface area contributed by atoms with Gasteiger partial charge in [0.05, 0.1) is 6.10 Å². The van der Waals surface area contributed by atoms with Crippen molar-refractivity contribution in [1.29, 1.82) is 0 Å². The van der Waals surface area contributed by atoms with Crippen LogP contribution in [0.4, 0.5) is 0 Å². The number of hydrogen-bond donors (Lipinski definition) is 1. The van der Waals surface area contributed by atoms with Crippen LogP contribution in [0.25, 0.3) is 0 Å². The Kier molecular flexibility index (Phi) is 6.05. The third-order valence-corrected chi connectivity index (χ3v) is 11.7. The highest BCUT2D eigenvalue weighted by Crippen LogP contribution is 2.71. The van der Waals surface area contributed by atoms with Crippen LogP contribution < -0.4 is 0 Å². The Morgan fingerprint density at radius 3 is 2.30 bits per heavy atom. The molecule has 2 fully saturated rings. The lowest BCUT2D eigenvalue weighted by Gasteiger charge is -2.59. The standard InChI is InChI=1S/C29H50O/c1-19(2)20(3)8-9-21(4)24-13-16-29(7)26-11-10-22-18-23(30)12-15-27(22,5)25(26)14-17-28(24,29)6/h19-24,30H,8-18H2,1-7H3/t20-,21+,22-,23-,24+,27-,28+,29-/m0/s1. The Morgan fingerprint density at radius 1 is 0.867 bits per heavy atom. The van der Waals surface area contributed by atoms with Gasteiger partial charge in [-0.25, -0.2) is 0 Å². The molecule has 4 aliphatic rings. The van der Waals surface area contributed by atoms with E-state index in [1.54, 1.807) is 0 Å². The number of aliphatic hydroxyl groups is 1. The molecule has 0 unspecified atom stereocenters. The number of rotatable bonds is 5. The lowest BCUT2D eigenvalue weighted by Crippen LogP contribution is -2.49. The summed E-state index contributed by atoms with van der Waals surface area (Å²) in [5.74, 6) is 4.15. The van der Waals surface area contributed by atoms with Gasteiger partial charge in [0.15, 0.2) is 0 Å². The molecule has 0 aromatic heterocycles. The van der Waals surface area contributed by atoms with Gasteiger partial charge in [0.2, 0.25) is 0 Å². The van der Waals surface area contributed by atoms with Crippen LogP contribution >= 0.6 is 0 Å². The first kappa shape index (κ1) is 22.9. The number of allylic oxidation sites excluding steroid dienone is 2. The summed E-state index contributed by atoms with van der Waals surface area (Å²) in [4.78, 5) is 0. The molecule has 4 rings (SSSR count). The SMILES string of the molecule is CC(C)[C@@H](C)CC[C@@H](C)[C@H]1CC[C@@]2(C)C3=C(CC[C@]12C)[C@@]1(C)CC[C@H](O)C[C@@H]1CC3. The summed E-state index contributed by atoms with van der Waals surface area (Å²) in [7, 11) is 0. The molecule has 0 bridgehead atoms. The number of fused-ring (bicyclic) bond motifs is 4. The monoisotopic (exact) mass is 414 g/mol. The van der Waals surface area contributed by atoms with Crippen molar-refractivity contribution in [2.75, 3.05) is 0 Å². The van der Waals surface area contributed by atoms with Crippen LogP contribution in [0, 0.1) is 45.8 Å². The van der Waals surface area contributed by atoms with Gasteiger partial charge in [-0.2, -0.15) is 0 Å². The fourth-order valence-corrected chi connectivity index (χ4v) is 8.84. The molecular formula is C29H50O. The molecule has 1 heteroatoms. The van der Waals surface area contributed by atoms with E-state index in [0.717, 1.165) is 42.4 Å². The molecule has 0 spiro atoms. The lowest BCUT2D eigenvalue weighted by molar-refractivity contribution is -0.00530. The Balaban J connectivity index is 1.58. The van der Waals surface area contributed by atoms with E-state index in [1.165, 1.54) is 57.8 Å². The maximum Gasteiger partial charge on any atom is 0.0543 e. The lowest BCUT2D eigenvalue weighted by atomic mass is 9.46. The zero-order chi connectivity index (χ0) is 21.9. The normalized spacial score (nSPS) is 45.7. The highest BCUT2D eigenvalue weighted by molar-refractivity contribution is 5.38. The summed E-state index contributed by atoms with van der Waals surface area (Å²) in [6.45, 7) is 17.8. The molecule has 1 nitrogen and oxygen atoms in total. The highest BCUT2D eigenvalue weighted by atomic mass is 16.3. The molecule has 0 aliphatic heterocycles. The first-order valence-electron chi connectivity index (χ1n) is 13.4. The zero-order valence-electron chi connectivity index (χ0n) is 21.2. The van der Waals surface area contributed by atoms with E-state index in [9.17, 15) is 5.11 Å². The third kappa shape index (κ3) is 3.36. The van der Waals surface area contributed by atoms with Crippen molar-refractivity contribution in [3.8, 4) is 0 Å². The molecule has 0 amide bonds. The molecule has 8 atom stereocenters. The van der Waals surface area contributed by atoms with Crippen LogP contribution in [0.3, 0.4) is 0 Å². The molecule has 172 valence electrons. The van der Waals surface area contributed by atoms with Crippen molar-refractivity contribution in [3.05, 3.63) is 11.1 Å². The molecule has 0 aromatic rings. The van der Waals surface area contributed by atoms with Gasteiger partial charge < -0.3 is 5.11 Å². The van der Waals surface area contributed by atoms with Gasteiger partial charge in [0.1, 0.15) is 0 Å². The van der Waals surface area contributed by atoms with Crippen LogP contribution in [0.1, 0.15) is 119 Å². The third-order valence-electron chi connectivity index (χ3n) is 11.7. The van der Waals surface area contributed by atoms with Crippen molar-refractivity contribution in [2.45, 2.75) is 125 Å². The van der Waals surface area contributed by atoms with E-state index < -0.39 is 0 Å². The van der Waals surface area contributed by atoms with Crippen molar-refractivity contribution >= 4 is 0 Å². The molecule has 0 radical (unpaired) electrons. The first-order chi connectivity index (χ1) is 14.0. The summed E-state index contributed by atoms with van der Waals surface area (Å²) in [6.07, 6.45) is 14.3. The topological polar surface area (TPSA) is 20.2 Å². The van der Waals surface area contributed by atoms with Crippen LogP contribution in [-0.2, 0) is 0 Å². The van der Waals surface area contributed by atoms with E-state index in [1.807, 2.05) is 11.1 Å². The zero-order valence-corrected chi connectivity index (χ0v) is 21.2. The summed E-state index contributed by atoms with van der Waals surface area (Å²) in [5, 5.41) is 10.3. The summed E-state index contributed by atoms with van der Waals surface area (Å²) in [5.41, 5.74) is 5.06. The van der Waals surface area contributed by atoms with E-state index in [2.05, 4.69) is 48.5 Å². The highest BCUT2D eigenvalue weighted by Gasteiger charge is 2.61. The van der Waals surface area contributed by atoms with Gasteiger partial charge in [0.25, 0.3) is 0 Å². The molecule has 0 saturated heterocycles. The Labute approximate surface area is 187 Å². The van der Waals surface area contributed by atoms with E-state index >= 15 is 0 Å². The molecule has 0 aromatic carbocycles. The van der Waals surface area contributed by atoms with Crippen molar-refractivity contribution < 1.29 is 5.11 Å². The smallest absolute Gasteiger partial charge is 0.0543 e. The number of aliphatic hydroxyl groups excluding tert-OH is 1. The summed E-state index contributed by atoms with van der Waals surface area (Å²) >= 11 is 0. The van der Waals surface area contributed by atoms with E-state index in [0.29, 0.717) is 16.2 Å². The van der Waals surface area contributed by atoms with E-state index in [-0.39, 0.29) is 6.10 Å². The van der Waals surface area contributed by atoms with Crippen LogP contribution in [0.2, 0.25) is 0 Å². The fourth-order valence-electron chi connectivity index (χ4n) is 8.84. The first-order valence-corrected chi connectivity index (χ1v) is 13.4. The largest absolute Gasteiger partial charge is 0.393 e. The summed E-state index contributed by atoms with van der Waals surface area (Å²) < 4.78 is 0. The van der Waals surface area contributed by atoms with Crippen LogP contribution in [-0.4, -0.2) is 11.2 Å². The van der Waals surface area contributed by atoms with Crippen molar-refractivity contribution in [1.82, 2.24) is 0 Å². The fraction of sp³-hybridized carbons (Fsp3) is 0.931. The molecule has 1 N–H and O–H groups in total. The van der Waals surface area contributed by atoms with Gasteiger partial charge in [-0.3, -0.25) is 0 Å². The number of hydrogen-bond acceptors (Lipinski definition) is 1. The van der Waals surface area contributed by atoms with E-state index in [4.69, 9.17) is 0 Å². The predicted octanol–water partition coefficient (Wildman–Crippen LogP) is 8.17. The van der Waals surface area contributed by atoms with Gasteiger partial charge in [-0.15, -0.1) is 0 Å². The minimum atomic E-state index is -0.0420. The molecule has 30 heavy (non-hydrogen) atoms. The maximum absolute atomic E-state index is 10.3. The van der Waals surface area contributed by atoms with Gasteiger partial charge >= 0.3 is 0 Å². The quantitative estimate of drug-likeness (QED) is 0.450. The average molecular weight is 415 g/mol. The minimum Gasteiger partial charge on any atom is -0.393 e. The van der Waals surface area contributed by atoms with Crippen molar-refractivity contribution in [3.63, 3.8) is 0 Å². The van der Waals surface area contributed by atoms with Gasteiger partial charge in [-0.1, -0.05) is 72.5 Å². The maximum atomic E-state index is 10.3. The molecule has 0 heterocycles. The molecule has 2 saturated carbocycles. The van der Waals surface area contributed by atoms with Crippen molar-refractivity contribution in [2.24, 2.45) is 45.8 Å². The Morgan fingerprint density at radius 2 is 1.60 bits per heavy atom. The second-order valence-corrected chi connectivity index (χ2v) is 13.2. The van der Waals surface area contributed by atoms with Gasteiger partial charge in [0, 0.05) is 0 Å². The Hall–Kier alpha value is -0.300. The Bertz CT molecular complexity index is 676. The average Bonchev–Trinajstić information content (AvgIpc) is 2.97. The second-order valence-electron chi connectivity index (χ2n) is 13.2. The van der Waals surface area contributed by atoms with Gasteiger partial charge in [-0.05, 0) is 104 Å². The molecular weight excluding hydrogens is 364 g/mol. The molecule has 4 aliphatic carbocycles. The predicted molar refractivity (Wildman–Crippen MR) is 128 cm³/mol. The second kappa shape index (κ2) is 7.93. The van der Waals surface area contributed by atoms with Crippen LogP contribution in [0.15, 0.2) is 11.1 Å². The van der Waals surface area contributed by atoms with Crippen LogP contribution in [0.5, 0.6) is 0 Å². The minimum absolute atomic E-state index is 0.0420.